The van der Waals surface area contributed by atoms with E-state index in [4.69, 9.17) is 23.2 Å². The Balaban J connectivity index is 1.68. The molecule has 0 bridgehead atoms. The van der Waals surface area contributed by atoms with E-state index in [9.17, 15) is 9.59 Å². The molecular weight excluding hydrogens is 481 g/mol. The third kappa shape index (κ3) is 6.37. The molecule has 1 aromatic heterocycles. The van der Waals surface area contributed by atoms with Crippen molar-refractivity contribution in [1.82, 2.24) is 20.1 Å². The van der Waals surface area contributed by atoms with Gasteiger partial charge in [-0.2, -0.15) is 0 Å². The molecule has 0 unspecified atom stereocenters. The number of halogens is 2. The number of hydrogen-bond acceptors (Lipinski definition) is 5. The summed E-state index contributed by atoms with van der Waals surface area (Å²) in [6.45, 7) is 7.98. The Bertz CT molecular complexity index is 1180. The molecule has 7 nitrogen and oxygen atoms in total. The van der Waals surface area contributed by atoms with Crippen LogP contribution in [0.5, 0.6) is 0 Å². The lowest BCUT2D eigenvalue weighted by Crippen LogP contribution is -2.29. The lowest BCUT2D eigenvalue weighted by molar-refractivity contribution is -0.113. The number of anilines is 1. The van der Waals surface area contributed by atoms with Gasteiger partial charge in [-0.3, -0.25) is 9.59 Å². The Morgan fingerprint density at radius 2 is 1.97 bits per heavy atom. The van der Waals surface area contributed by atoms with Crippen LogP contribution in [0.1, 0.15) is 34.7 Å². The fourth-order valence-electron chi connectivity index (χ4n) is 3.08. The molecule has 0 aliphatic heterocycles. The van der Waals surface area contributed by atoms with Gasteiger partial charge in [-0.25, -0.2) is 0 Å². The van der Waals surface area contributed by atoms with Crippen molar-refractivity contribution in [3.63, 3.8) is 0 Å². The first kappa shape index (κ1) is 24.8. The number of hydrogen-bond donors (Lipinski definition) is 2. The van der Waals surface area contributed by atoms with Crippen molar-refractivity contribution in [1.29, 1.82) is 0 Å². The lowest BCUT2D eigenvalue weighted by Gasteiger charge is -2.15. The van der Waals surface area contributed by atoms with Crippen molar-refractivity contribution >= 4 is 52.5 Å². The molecular formula is C23H23Cl2N5O2S. The van der Waals surface area contributed by atoms with E-state index in [1.165, 1.54) is 11.8 Å². The SMILES string of the molecule is C=CCn1c(SCC(=O)Nc2cccc(Cl)c2Cl)nnc1[C@@H](C)NC(=O)c1cccc(C)c1. The summed E-state index contributed by atoms with van der Waals surface area (Å²) in [6.07, 6.45) is 1.71. The Kier molecular flexibility index (Phi) is 8.55. The number of amides is 2. The van der Waals surface area contributed by atoms with Gasteiger partial charge in [0, 0.05) is 12.1 Å². The maximum absolute atomic E-state index is 12.6. The average Bonchev–Trinajstić information content (AvgIpc) is 3.18. The zero-order valence-corrected chi connectivity index (χ0v) is 20.5. The van der Waals surface area contributed by atoms with Gasteiger partial charge in [0.1, 0.15) is 0 Å². The zero-order chi connectivity index (χ0) is 24.0. The number of aryl methyl sites for hydroxylation is 1. The van der Waals surface area contributed by atoms with Crippen LogP contribution in [0, 0.1) is 6.92 Å². The predicted octanol–water partition coefficient (Wildman–Crippen LogP) is 5.30. The number of carbonyl (C=O) groups excluding carboxylic acids is 2. The average molecular weight is 504 g/mol. The van der Waals surface area contributed by atoms with E-state index >= 15 is 0 Å². The maximum Gasteiger partial charge on any atom is 0.251 e. The number of carbonyl (C=O) groups is 2. The van der Waals surface area contributed by atoms with Crippen molar-refractivity contribution in [2.75, 3.05) is 11.1 Å². The molecule has 0 aliphatic rings. The summed E-state index contributed by atoms with van der Waals surface area (Å²) in [5, 5.41) is 15.3. The Morgan fingerprint density at radius 1 is 1.21 bits per heavy atom. The molecule has 3 aromatic rings. The van der Waals surface area contributed by atoms with Crippen LogP contribution in [0.4, 0.5) is 5.69 Å². The van der Waals surface area contributed by atoms with E-state index < -0.39 is 6.04 Å². The number of nitrogens with zero attached hydrogens (tertiary/aromatic N) is 3. The van der Waals surface area contributed by atoms with Crippen LogP contribution in [0.3, 0.4) is 0 Å². The second kappa shape index (κ2) is 11.4. The van der Waals surface area contributed by atoms with Gasteiger partial charge in [0.05, 0.1) is 27.5 Å². The third-order valence-corrected chi connectivity index (χ3v) is 6.42. The first-order valence-electron chi connectivity index (χ1n) is 10.1. The summed E-state index contributed by atoms with van der Waals surface area (Å²) in [4.78, 5) is 25.1. The van der Waals surface area contributed by atoms with Gasteiger partial charge in [0.25, 0.3) is 5.91 Å². The van der Waals surface area contributed by atoms with Crippen molar-refractivity contribution < 1.29 is 9.59 Å². The minimum atomic E-state index is -0.404. The number of allylic oxidation sites excluding steroid dienone is 1. The number of rotatable bonds is 9. The first-order valence-corrected chi connectivity index (χ1v) is 11.8. The van der Waals surface area contributed by atoms with Gasteiger partial charge < -0.3 is 15.2 Å². The predicted molar refractivity (Wildman–Crippen MR) is 133 cm³/mol. The van der Waals surface area contributed by atoms with Crippen molar-refractivity contribution in [2.45, 2.75) is 31.6 Å². The summed E-state index contributed by atoms with van der Waals surface area (Å²) in [7, 11) is 0. The van der Waals surface area contributed by atoms with Crippen LogP contribution in [0.25, 0.3) is 0 Å². The molecule has 2 N–H and O–H groups in total. The standard InChI is InChI=1S/C23H23Cl2N5O2S/c1-4-11-30-21(15(3)26-22(32)16-8-5-7-14(2)12-16)28-29-23(30)33-13-19(31)27-18-10-6-9-17(24)20(18)25/h4-10,12,15H,1,11,13H2,2-3H3,(H,26,32)(H,27,31)/t15-/m1/s1. The molecule has 1 heterocycles. The highest BCUT2D eigenvalue weighted by molar-refractivity contribution is 7.99. The topological polar surface area (TPSA) is 88.9 Å². The van der Waals surface area contributed by atoms with Crippen LogP contribution >= 0.6 is 35.0 Å². The molecule has 0 fully saturated rings. The molecule has 0 spiro atoms. The fraction of sp³-hybridized carbons (Fsp3) is 0.217. The third-order valence-electron chi connectivity index (χ3n) is 4.63. The largest absolute Gasteiger partial charge is 0.342 e. The summed E-state index contributed by atoms with van der Waals surface area (Å²) in [6, 6.07) is 12.0. The summed E-state index contributed by atoms with van der Waals surface area (Å²) in [5.74, 6) is 0.185. The summed E-state index contributed by atoms with van der Waals surface area (Å²) >= 11 is 13.3. The number of thioether (sulfide) groups is 1. The highest BCUT2D eigenvalue weighted by Crippen LogP contribution is 2.30. The molecule has 10 heteroatoms. The number of nitrogens with one attached hydrogen (secondary N) is 2. The minimum Gasteiger partial charge on any atom is -0.342 e. The van der Waals surface area contributed by atoms with E-state index in [2.05, 4.69) is 27.4 Å². The van der Waals surface area contributed by atoms with Crippen molar-refractivity contribution in [2.24, 2.45) is 0 Å². The Hall–Kier alpha value is -2.81. The molecule has 172 valence electrons. The molecule has 3 rings (SSSR count). The van der Waals surface area contributed by atoms with E-state index in [0.717, 1.165) is 5.56 Å². The second-order valence-corrected chi connectivity index (χ2v) is 8.97. The lowest BCUT2D eigenvalue weighted by atomic mass is 10.1. The number of aromatic nitrogens is 3. The van der Waals surface area contributed by atoms with Crippen LogP contribution in [0.15, 0.2) is 60.3 Å². The van der Waals surface area contributed by atoms with Gasteiger partial charge in [0.15, 0.2) is 11.0 Å². The summed E-state index contributed by atoms with van der Waals surface area (Å²) in [5.41, 5.74) is 2.01. The highest BCUT2D eigenvalue weighted by Gasteiger charge is 2.20. The van der Waals surface area contributed by atoms with Gasteiger partial charge in [-0.05, 0) is 38.1 Å². The maximum atomic E-state index is 12.6. The molecule has 0 aliphatic carbocycles. The van der Waals surface area contributed by atoms with Gasteiger partial charge in [0.2, 0.25) is 5.91 Å². The van der Waals surface area contributed by atoms with Crippen LogP contribution in [0.2, 0.25) is 10.0 Å². The Labute approximate surface area is 206 Å². The molecule has 1 atom stereocenters. The van der Waals surface area contributed by atoms with Crippen LogP contribution in [-0.2, 0) is 11.3 Å². The zero-order valence-electron chi connectivity index (χ0n) is 18.1. The van der Waals surface area contributed by atoms with Crippen molar-refractivity contribution in [3.8, 4) is 0 Å². The molecule has 33 heavy (non-hydrogen) atoms. The van der Waals surface area contributed by atoms with Crippen molar-refractivity contribution in [3.05, 3.63) is 82.1 Å². The van der Waals surface area contributed by atoms with Gasteiger partial charge in [-0.1, -0.05) is 64.8 Å². The molecule has 0 radical (unpaired) electrons. The van der Waals surface area contributed by atoms with Gasteiger partial charge >= 0.3 is 0 Å². The Morgan fingerprint density at radius 3 is 2.70 bits per heavy atom. The van der Waals surface area contributed by atoms with Crippen LogP contribution in [-0.4, -0.2) is 32.3 Å². The molecule has 0 saturated heterocycles. The fourth-order valence-corrected chi connectivity index (χ4v) is 4.18. The molecule has 0 saturated carbocycles. The second-order valence-electron chi connectivity index (χ2n) is 7.24. The quantitative estimate of drug-likeness (QED) is 0.305. The first-order chi connectivity index (χ1) is 15.8. The molecule has 2 aromatic carbocycles. The van der Waals surface area contributed by atoms with E-state index in [0.29, 0.717) is 33.8 Å². The molecule has 2 amide bonds. The smallest absolute Gasteiger partial charge is 0.251 e. The minimum absolute atomic E-state index is 0.0855. The number of benzene rings is 2. The monoisotopic (exact) mass is 503 g/mol. The van der Waals surface area contributed by atoms with Crippen LogP contribution < -0.4 is 10.6 Å². The normalized spacial score (nSPS) is 11.6. The summed E-state index contributed by atoms with van der Waals surface area (Å²) < 4.78 is 1.82. The van der Waals surface area contributed by atoms with E-state index in [1.807, 2.05) is 36.6 Å². The van der Waals surface area contributed by atoms with E-state index in [1.54, 1.807) is 30.3 Å². The van der Waals surface area contributed by atoms with E-state index in [-0.39, 0.29) is 22.6 Å². The highest BCUT2D eigenvalue weighted by atomic mass is 35.5. The van der Waals surface area contributed by atoms with Gasteiger partial charge in [-0.15, -0.1) is 16.8 Å².